The molecule has 0 bridgehead atoms. The third kappa shape index (κ3) is 5.13. The van der Waals surface area contributed by atoms with Crippen LogP contribution in [0.4, 0.5) is 0 Å². The zero-order valence-corrected chi connectivity index (χ0v) is 14.9. The van der Waals surface area contributed by atoms with E-state index in [0.717, 1.165) is 19.0 Å². The summed E-state index contributed by atoms with van der Waals surface area (Å²) in [7, 11) is 1.79. The summed E-state index contributed by atoms with van der Waals surface area (Å²) in [6.07, 6.45) is 0. The molecule has 0 unspecified atom stereocenters. The first-order valence-electron chi connectivity index (χ1n) is 6.31. The van der Waals surface area contributed by atoms with Gasteiger partial charge in [-0.3, -0.25) is 4.99 Å². The number of nitrogens with zero attached hydrogens (tertiary/aromatic N) is 1. The van der Waals surface area contributed by atoms with Gasteiger partial charge in [0.15, 0.2) is 5.96 Å². The van der Waals surface area contributed by atoms with Crippen molar-refractivity contribution in [1.29, 1.82) is 0 Å². The monoisotopic (exact) mass is 401 g/mol. The highest BCUT2D eigenvalue weighted by Crippen LogP contribution is 2.08. The first-order chi connectivity index (χ1) is 9.29. The largest absolute Gasteiger partial charge is 0.352 e. The molecule has 1 aromatic carbocycles. The Morgan fingerprint density at radius 3 is 2.50 bits per heavy atom. The Balaban J connectivity index is 0.00000200. The third-order valence-electron chi connectivity index (χ3n) is 2.94. The number of hydrogen-bond acceptors (Lipinski definition) is 2. The standard InChI is InChI=1S/C15H19N3S.HI/c1-12-6-3-4-7-13(12)10-17-15(16-2)18-11-14-8-5-9-19-14;/h3-9H,10-11H2,1-2H3,(H2,16,17,18);1H. The molecule has 0 aliphatic heterocycles. The maximum atomic E-state index is 4.23. The molecule has 0 fully saturated rings. The smallest absolute Gasteiger partial charge is 0.191 e. The van der Waals surface area contributed by atoms with Gasteiger partial charge in [-0.2, -0.15) is 0 Å². The first-order valence-corrected chi connectivity index (χ1v) is 7.19. The highest BCUT2D eigenvalue weighted by molar-refractivity contribution is 14.0. The van der Waals surface area contributed by atoms with Gasteiger partial charge in [-0.05, 0) is 29.5 Å². The normalized spacial score (nSPS) is 10.8. The van der Waals surface area contributed by atoms with E-state index in [1.165, 1.54) is 16.0 Å². The molecule has 3 nitrogen and oxygen atoms in total. The van der Waals surface area contributed by atoms with E-state index in [4.69, 9.17) is 0 Å². The van der Waals surface area contributed by atoms with Crippen molar-refractivity contribution in [3.8, 4) is 0 Å². The molecule has 2 rings (SSSR count). The van der Waals surface area contributed by atoms with Gasteiger partial charge in [-0.1, -0.05) is 30.3 Å². The van der Waals surface area contributed by atoms with E-state index in [0.29, 0.717) is 0 Å². The van der Waals surface area contributed by atoms with Crippen LogP contribution in [0.5, 0.6) is 0 Å². The molecule has 1 heterocycles. The van der Waals surface area contributed by atoms with Gasteiger partial charge < -0.3 is 10.6 Å². The van der Waals surface area contributed by atoms with Crippen LogP contribution in [0.2, 0.25) is 0 Å². The van der Waals surface area contributed by atoms with Gasteiger partial charge in [-0.15, -0.1) is 35.3 Å². The lowest BCUT2D eigenvalue weighted by molar-refractivity contribution is 0.812. The second-order valence-corrected chi connectivity index (χ2v) is 5.32. The molecule has 0 radical (unpaired) electrons. The number of thiophene rings is 1. The molecule has 0 saturated heterocycles. The number of nitrogens with one attached hydrogen (secondary N) is 2. The zero-order valence-electron chi connectivity index (χ0n) is 11.7. The van der Waals surface area contributed by atoms with Crippen molar-refractivity contribution in [1.82, 2.24) is 10.6 Å². The summed E-state index contributed by atoms with van der Waals surface area (Å²) in [5, 5.41) is 8.73. The summed E-state index contributed by atoms with van der Waals surface area (Å²) < 4.78 is 0. The lowest BCUT2D eigenvalue weighted by Gasteiger charge is -2.12. The highest BCUT2D eigenvalue weighted by Gasteiger charge is 2.01. The Bertz CT molecular complexity index is 538. The fourth-order valence-electron chi connectivity index (χ4n) is 1.79. The van der Waals surface area contributed by atoms with Crippen LogP contribution in [0.3, 0.4) is 0 Å². The highest BCUT2D eigenvalue weighted by atomic mass is 127. The van der Waals surface area contributed by atoms with E-state index < -0.39 is 0 Å². The number of aryl methyl sites for hydroxylation is 1. The maximum Gasteiger partial charge on any atom is 0.191 e. The van der Waals surface area contributed by atoms with Crippen LogP contribution >= 0.6 is 35.3 Å². The Morgan fingerprint density at radius 1 is 1.10 bits per heavy atom. The zero-order chi connectivity index (χ0) is 13.5. The van der Waals surface area contributed by atoms with Crippen molar-refractivity contribution < 1.29 is 0 Å². The molecule has 5 heteroatoms. The molecule has 0 atom stereocenters. The molecule has 0 aliphatic carbocycles. The van der Waals surface area contributed by atoms with Crippen molar-refractivity contribution in [3.05, 3.63) is 57.8 Å². The fourth-order valence-corrected chi connectivity index (χ4v) is 2.44. The Morgan fingerprint density at radius 2 is 1.85 bits per heavy atom. The number of halogens is 1. The lowest BCUT2D eigenvalue weighted by atomic mass is 10.1. The molecule has 0 amide bonds. The molecular weight excluding hydrogens is 381 g/mol. The quantitative estimate of drug-likeness (QED) is 0.467. The molecule has 0 spiro atoms. The van der Waals surface area contributed by atoms with Crippen LogP contribution in [-0.4, -0.2) is 13.0 Å². The minimum absolute atomic E-state index is 0. The summed E-state index contributed by atoms with van der Waals surface area (Å²) >= 11 is 1.75. The van der Waals surface area contributed by atoms with E-state index in [1.54, 1.807) is 18.4 Å². The summed E-state index contributed by atoms with van der Waals surface area (Å²) in [6, 6.07) is 12.6. The van der Waals surface area contributed by atoms with Crippen molar-refractivity contribution in [2.45, 2.75) is 20.0 Å². The van der Waals surface area contributed by atoms with Gasteiger partial charge in [0.05, 0.1) is 6.54 Å². The number of aliphatic imine (C=N–C) groups is 1. The van der Waals surface area contributed by atoms with E-state index in [-0.39, 0.29) is 24.0 Å². The predicted octanol–water partition coefficient (Wildman–Crippen LogP) is 3.54. The van der Waals surface area contributed by atoms with E-state index in [2.05, 4.69) is 64.3 Å². The molecule has 108 valence electrons. The van der Waals surface area contributed by atoms with Gasteiger partial charge in [0.2, 0.25) is 0 Å². The fraction of sp³-hybridized carbons (Fsp3) is 0.267. The first kappa shape index (κ1) is 17.0. The molecule has 20 heavy (non-hydrogen) atoms. The molecule has 1 aromatic heterocycles. The summed E-state index contributed by atoms with van der Waals surface area (Å²) in [5.74, 6) is 0.830. The average Bonchev–Trinajstić information content (AvgIpc) is 2.94. The molecule has 2 aromatic rings. The number of benzene rings is 1. The minimum atomic E-state index is 0. The second-order valence-electron chi connectivity index (χ2n) is 4.29. The Kier molecular flexibility index (Phi) is 7.61. The van der Waals surface area contributed by atoms with Crippen LogP contribution in [0, 0.1) is 6.92 Å². The number of guanidine groups is 1. The second kappa shape index (κ2) is 8.97. The summed E-state index contributed by atoms with van der Waals surface area (Å²) in [6.45, 7) is 3.72. The van der Waals surface area contributed by atoms with Gasteiger partial charge in [0.1, 0.15) is 0 Å². The van der Waals surface area contributed by atoms with Gasteiger partial charge >= 0.3 is 0 Å². The summed E-state index contributed by atoms with van der Waals surface area (Å²) in [5.41, 5.74) is 2.59. The van der Waals surface area contributed by atoms with Gasteiger partial charge in [-0.25, -0.2) is 0 Å². The van der Waals surface area contributed by atoms with Crippen LogP contribution < -0.4 is 10.6 Å². The van der Waals surface area contributed by atoms with Gasteiger partial charge in [0, 0.05) is 18.5 Å². The molecule has 0 saturated carbocycles. The van der Waals surface area contributed by atoms with Crippen LogP contribution in [0.15, 0.2) is 46.8 Å². The topological polar surface area (TPSA) is 36.4 Å². The van der Waals surface area contributed by atoms with Crippen molar-refractivity contribution in [2.24, 2.45) is 4.99 Å². The molecule has 0 aliphatic rings. The van der Waals surface area contributed by atoms with Crippen LogP contribution in [0.25, 0.3) is 0 Å². The predicted molar refractivity (Wildman–Crippen MR) is 98.0 cm³/mol. The van der Waals surface area contributed by atoms with Crippen molar-refractivity contribution >= 4 is 41.3 Å². The van der Waals surface area contributed by atoms with E-state index >= 15 is 0 Å². The SMILES string of the molecule is CN=C(NCc1cccs1)NCc1ccccc1C.I. The van der Waals surface area contributed by atoms with Crippen molar-refractivity contribution in [3.63, 3.8) is 0 Å². The molecular formula is C15H20IN3S. The average molecular weight is 401 g/mol. The number of rotatable bonds is 4. The maximum absolute atomic E-state index is 4.23. The van der Waals surface area contributed by atoms with Crippen LogP contribution in [-0.2, 0) is 13.1 Å². The lowest BCUT2D eigenvalue weighted by Crippen LogP contribution is -2.36. The van der Waals surface area contributed by atoms with E-state index in [1.807, 2.05) is 0 Å². The van der Waals surface area contributed by atoms with Gasteiger partial charge in [0.25, 0.3) is 0 Å². The minimum Gasteiger partial charge on any atom is -0.352 e. The number of hydrogen-bond donors (Lipinski definition) is 2. The Hall–Kier alpha value is -1.08. The van der Waals surface area contributed by atoms with Crippen LogP contribution in [0.1, 0.15) is 16.0 Å². The summed E-state index contributed by atoms with van der Waals surface area (Å²) in [4.78, 5) is 5.54. The third-order valence-corrected chi connectivity index (χ3v) is 3.82. The van der Waals surface area contributed by atoms with E-state index in [9.17, 15) is 0 Å². The Labute approximate surface area is 141 Å². The van der Waals surface area contributed by atoms with Crippen molar-refractivity contribution in [2.75, 3.05) is 7.05 Å². The molecule has 2 N–H and O–H groups in total.